The van der Waals surface area contributed by atoms with E-state index in [0.29, 0.717) is 0 Å². The predicted octanol–water partition coefficient (Wildman–Crippen LogP) is 10.3. The molecular formula is C34H44. The van der Waals surface area contributed by atoms with Crippen LogP contribution in [0.5, 0.6) is 0 Å². The molecule has 0 aliphatic heterocycles. The third kappa shape index (κ3) is 7.08. The van der Waals surface area contributed by atoms with Crippen molar-refractivity contribution >= 4 is 10.8 Å². The highest BCUT2D eigenvalue weighted by Gasteiger charge is 2.20. The number of rotatable bonds is 11. The molecule has 0 N–H and O–H groups in total. The highest BCUT2D eigenvalue weighted by molar-refractivity contribution is 5.87. The average molecular weight is 453 g/mol. The minimum atomic E-state index is 0.950. The van der Waals surface area contributed by atoms with Gasteiger partial charge in [0.05, 0.1) is 0 Å². The van der Waals surface area contributed by atoms with Crippen LogP contribution < -0.4 is 0 Å². The van der Waals surface area contributed by atoms with Crippen molar-refractivity contribution in [2.75, 3.05) is 0 Å². The van der Waals surface area contributed by atoms with E-state index in [-0.39, 0.29) is 0 Å². The summed E-state index contributed by atoms with van der Waals surface area (Å²) in [6.07, 6.45) is 20.8. The fourth-order valence-corrected chi connectivity index (χ4v) is 5.77. The molecule has 1 aliphatic rings. The Bertz CT molecular complexity index is 1030. The van der Waals surface area contributed by atoms with Gasteiger partial charge in [0.2, 0.25) is 0 Å². The van der Waals surface area contributed by atoms with E-state index in [2.05, 4.69) is 86.7 Å². The summed E-state index contributed by atoms with van der Waals surface area (Å²) < 4.78 is 0. The fourth-order valence-electron chi connectivity index (χ4n) is 5.77. The summed E-state index contributed by atoms with van der Waals surface area (Å²) in [6.45, 7) is 4.41. The van der Waals surface area contributed by atoms with E-state index in [1.807, 2.05) is 0 Å². The lowest BCUT2D eigenvalue weighted by molar-refractivity contribution is 0.249. The Hall–Kier alpha value is -2.34. The van der Waals surface area contributed by atoms with E-state index in [1.165, 1.54) is 97.2 Å². The lowest BCUT2D eigenvalue weighted by Crippen LogP contribution is -2.15. The zero-order chi connectivity index (χ0) is 23.6. The molecule has 0 spiro atoms. The lowest BCUT2D eigenvalue weighted by Gasteiger charge is -2.28. The van der Waals surface area contributed by atoms with Crippen LogP contribution in [0.1, 0.15) is 89.2 Å². The molecule has 0 atom stereocenters. The van der Waals surface area contributed by atoms with Crippen molar-refractivity contribution in [3.63, 3.8) is 0 Å². The van der Waals surface area contributed by atoms with Gasteiger partial charge < -0.3 is 0 Å². The SMILES string of the molecule is C/C=C/CCc1ccc2cc(-c3ccc(CCC4CCC(CCCCC)CC4)cc3)ccc2c1. The Labute approximate surface area is 208 Å². The summed E-state index contributed by atoms with van der Waals surface area (Å²) >= 11 is 0. The topological polar surface area (TPSA) is 0 Å². The van der Waals surface area contributed by atoms with Crippen molar-refractivity contribution < 1.29 is 0 Å². The third-order valence-electron chi connectivity index (χ3n) is 8.05. The molecule has 0 unspecified atom stereocenters. The van der Waals surface area contributed by atoms with Crippen LogP contribution in [0.2, 0.25) is 0 Å². The van der Waals surface area contributed by atoms with Crippen molar-refractivity contribution in [1.82, 2.24) is 0 Å². The molecule has 1 saturated carbocycles. The summed E-state index contributed by atoms with van der Waals surface area (Å²) in [6, 6.07) is 23.2. The van der Waals surface area contributed by atoms with Gasteiger partial charge in [0.1, 0.15) is 0 Å². The fraction of sp³-hybridized carbons (Fsp3) is 0.471. The molecule has 1 aliphatic carbocycles. The van der Waals surface area contributed by atoms with Crippen molar-refractivity contribution in [1.29, 1.82) is 0 Å². The van der Waals surface area contributed by atoms with Crippen molar-refractivity contribution in [2.24, 2.45) is 11.8 Å². The maximum absolute atomic E-state index is 2.36. The molecule has 0 bridgehead atoms. The van der Waals surface area contributed by atoms with Gasteiger partial charge in [-0.15, -0.1) is 0 Å². The Balaban J connectivity index is 1.29. The molecular weight excluding hydrogens is 408 g/mol. The number of aryl methyl sites for hydroxylation is 2. The number of unbranched alkanes of at least 4 members (excludes halogenated alkanes) is 2. The molecule has 0 saturated heterocycles. The standard InChI is InChI=1S/C34H44/c1-3-5-7-9-27-11-13-28(14-12-27)15-16-29-17-20-31(21-18-29)33-24-23-32-25-30(10-8-6-4-2)19-22-34(32)26-33/h4,6,17-28H,3,5,7-16H2,1-2H3/b6-4+. The van der Waals surface area contributed by atoms with Gasteiger partial charge in [-0.05, 0) is 83.5 Å². The van der Waals surface area contributed by atoms with Crippen LogP contribution in [-0.2, 0) is 12.8 Å². The number of benzene rings is 3. The molecule has 0 radical (unpaired) electrons. The summed E-state index contributed by atoms with van der Waals surface area (Å²) in [4.78, 5) is 0. The molecule has 1 fully saturated rings. The second-order valence-electron chi connectivity index (χ2n) is 10.6. The second-order valence-corrected chi connectivity index (χ2v) is 10.6. The van der Waals surface area contributed by atoms with Gasteiger partial charge in [-0.2, -0.15) is 0 Å². The van der Waals surface area contributed by atoms with E-state index in [0.717, 1.165) is 24.7 Å². The highest BCUT2D eigenvalue weighted by atomic mass is 14.3. The molecule has 0 aromatic heterocycles. The minimum absolute atomic E-state index is 0.950. The number of hydrogen-bond acceptors (Lipinski definition) is 0. The van der Waals surface area contributed by atoms with Crippen molar-refractivity contribution in [3.8, 4) is 11.1 Å². The van der Waals surface area contributed by atoms with Crippen LogP contribution >= 0.6 is 0 Å². The van der Waals surface area contributed by atoms with Crippen LogP contribution in [0, 0.1) is 11.8 Å². The predicted molar refractivity (Wildman–Crippen MR) is 150 cm³/mol. The highest BCUT2D eigenvalue weighted by Crippen LogP contribution is 2.34. The van der Waals surface area contributed by atoms with Gasteiger partial charge in [-0.25, -0.2) is 0 Å². The molecule has 0 amide bonds. The summed E-state index contributed by atoms with van der Waals surface area (Å²) in [5.41, 5.74) is 5.57. The molecule has 180 valence electrons. The van der Waals surface area contributed by atoms with E-state index < -0.39 is 0 Å². The Kier molecular flexibility index (Phi) is 9.43. The quantitative estimate of drug-likeness (QED) is 0.200. The monoisotopic (exact) mass is 452 g/mol. The first-order chi connectivity index (χ1) is 16.7. The van der Waals surface area contributed by atoms with E-state index in [9.17, 15) is 0 Å². The first-order valence-electron chi connectivity index (χ1n) is 14.0. The number of allylic oxidation sites excluding steroid dienone is 2. The zero-order valence-electron chi connectivity index (χ0n) is 21.6. The van der Waals surface area contributed by atoms with Gasteiger partial charge in [0.15, 0.2) is 0 Å². The maximum atomic E-state index is 2.36. The maximum Gasteiger partial charge on any atom is -0.0178 e. The Morgan fingerprint density at radius 2 is 1.32 bits per heavy atom. The van der Waals surface area contributed by atoms with Gasteiger partial charge >= 0.3 is 0 Å². The van der Waals surface area contributed by atoms with Gasteiger partial charge in [0, 0.05) is 0 Å². The smallest absolute Gasteiger partial charge is 0.0178 e. The van der Waals surface area contributed by atoms with E-state index >= 15 is 0 Å². The first-order valence-corrected chi connectivity index (χ1v) is 14.0. The Morgan fingerprint density at radius 1 is 0.676 bits per heavy atom. The molecule has 34 heavy (non-hydrogen) atoms. The Morgan fingerprint density at radius 3 is 2.06 bits per heavy atom. The summed E-state index contributed by atoms with van der Waals surface area (Å²) in [5, 5.41) is 2.68. The van der Waals surface area contributed by atoms with Crippen LogP contribution in [0.4, 0.5) is 0 Å². The largest absolute Gasteiger partial charge is 0.0917 e. The molecule has 3 aromatic rings. The molecule has 4 rings (SSSR count). The summed E-state index contributed by atoms with van der Waals surface area (Å²) in [5.74, 6) is 1.97. The van der Waals surface area contributed by atoms with E-state index in [1.54, 1.807) is 0 Å². The minimum Gasteiger partial charge on any atom is -0.0917 e. The molecule has 3 aromatic carbocycles. The van der Waals surface area contributed by atoms with Crippen LogP contribution in [0.15, 0.2) is 72.8 Å². The second kappa shape index (κ2) is 12.9. The van der Waals surface area contributed by atoms with E-state index in [4.69, 9.17) is 0 Å². The normalized spacial score (nSPS) is 18.6. The summed E-state index contributed by atoms with van der Waals surface area (Å²) in [7, 11) is 0. The molecule has 0 nitrogen and oxygen atoms in total. The lowest BCUT2D eigenvalue weighted by atomic mass is 9.78. The average Bonchev–Trinajstić information content (AvgIpc) is 2.88. The van der Waals surface area contributed by atoms with Crippen LogP contribution in [-0.4, -0.2) is 0 Å². The van der Waals surface area contributed by atoms with Gasteiger partial charge in [0.25, 0.3) is 0 Å². The third-order valence-corrected chi connectivity index (χ3v) is 8.05. The van der Waals surface area contributed by atoms with Crippen molar-refractivity contribution in [2.45, 2.75) is 90.9 Å². The number of fused-ring (bicyclic) bond motifs is 1. The van der Waals surface area contributed by atoms with Crippen LogP contribution in [0.25, 0.3) is 21.9 Å². The molecule has 0 heterocycles. The first kappa shape index (κ1) is 24.8. The van der Waals surface area contributed by atoms with Gasteiger partial charge in [-0.1, -0.05) is 125 Å². The molecule has 0 heteroatoms. The van der Waals surface area contributed by atoms with Crippen molar-refractivity contribution in [3.05, 3.63) is 83.9 Å². The van der Waals surface area contributed by atoms with Gasteiger partial charge in [-0.3, -0.25) is 0 Å². The zero-order valence-corrected chi connectivity index (χ0v) is 21.6. The van der Waals surface area contributed by atoms with Crippen LogP contribution in [0.3, 0.4) is 0 Å². The number of hydrogen-bond donors (Lipinski definition) is 0.